The van der Waals surface area contributed by atoms with Crippen LogP contribution in [0.3, 0.4) is 0 Å². The van der Waals surface area contributed by atoms with E-state index in [2.05, 4.69) is 0 Å². The minimum Gasteiger partial charge on any atom is -0.334 e. The summed E-state index contributed by atoms with van der Waals surface area (Å²) >= 11 is 0. The van der Waals surface area contributed by atoms with Gasteiger partial charge in [0.05, 0.1) is 11.1 Å². The Kier molecular flexibility index (Phi) is 5.17. The van der Waals surface area contributed by atoms with Crippen molar-refractivity contribution in [1.29, 1.82) is 0 Å². The van der Waals surface area contributed by atoms with Gasteiger partial charge in [0.1, 0.15) is 0 Å². The van der Waals surface area contributed by atoms with Gasteiger partial charge in [-0.15, -0.1) is 10.3 Å². The quantitative estimate of drug-likeness (QED) is 0.848. The Morgan fingerprint density at radius 2 is 1.74 bits per heavy atom. The Labute approximate surface area is 140 Å². The third kappa shape index (κ3) is 3.15. The molecule has 2 rings (SSSR count). The van der Waals surface area contributed by atoms with Crippen LogP contribution in [-0.4, -0.2) is 33.0 Å². The molecule has 1 aliphatic rings. The number of amides is 1. The van der Waals surface area contributed by atoms with Crippen molar-refractivity contribution in [2.24, 2.45) is 0 Å². The molecule has 1 saturated heterocycles. The van der Waals surface area contributed by atoms with Crippen LogP contribution >= 0.6 is 0 Å². The molecule has 1 heterocycles. The Morgan fingerprint density at radius 3 is 2.26 bits per heavy atom. The summed E-state index contributed by atoms with van der Waals surface area (Å²) < 4.78 is 0. The number of hydrogen-bond acceptors (Lipinski definition) is 2. The topological polar surface area (TPSA) is 43.5 Å². The third-order valence-electron chi connectivity index (χ3n) is 5.85. The standard InChI is InChI=1S/C19H29N2O2/c1-6-18(4)13-17(22)20(14-16-11-9-8-10-12-16)15(3)19(5,7-2)21(18)23/h8-12,15H,6-7,13-14H2,1-5H3. The zero-order valence-electron chi connectivity index (χ0n) is 15.0. The van der Waals surface area contributed by atoms with Crippen LogP contribution in [0.4, 0.5) is 0 Å². The highest BCUT2D eigenvalue weighted by molar-refractivity contribution is 5.78. The first-order valence-corrected chi connectivity index (χ1v) is 8.59. The maximum absolute atomic E-state index is 13.1. The third-order valence-corrected chi connectivity index (χ3v) is 5.85. The van der Waals surface area contributed by atoms with Gasteiger partial charge < -0.3 is 4.90 Å². The first-order valence-electron chi connectivity index (χ1n) is 8.59. The Hall–Kier alpha value is -1.39. The number of carbonyl (C=O) groups excluding carboxylic acids is 1. The van der Waals surface area contributed by atoms with Crippen LogP contribution in [-0.2, 0) is 16.5 Å². The number of hydroxylamine groups is 2. The fourth-order valence-corrected chi connectivity index (χ4v) is 3.55. The zero-order valence-corrected chi connectivity index (χ0v) is 15.0. The Bertz CT molecular complexity index is 548. The highest BCUT2D eigenvalue weighted by atomic mass is 16.5. The summed E-state index contributed by atoms with van der Waals surface area (Å²) in [5.41, 5.74) is -0.114. The van der Waals surface area contributed by atoms with Crippen molar-refractivity contribution in [1.82, 2.24) is 9.96 Å². The minimum absolute atomic E-state index is 0.0729. The molecule has 0 spiro atoms. The maximum atomic E-state index is 13.1. The van der Waals surface area contributed by atoms with E-state index in [9.17, 15) is 10.0 Å². The first-order chi connectivity index (χ1) is 10.8. The van der Waals surface area contributed by atoms with Crippen LogP contribution in [0, 0.1) is 0 Å². The van der Waals surface area contributed by atoms with Crippen LogP contribution in [0.25, 0.3) is 0 Å². The number of nitrogens with zero attached hydrogens (tertiary/aromatic N) is 2. The van der Waals surface area contributed by atoms with Crippen LogP contribution in [0.15, 0.2) is 30.3 Å². The molecular formula is C19H29N2O2. The van der Waals surface area contributed by atoms with E-state index in [-0.39, 0.29) is 18.4 Å². The SMILES string of the molecule is CCC1(C)CC(=O)N(Cc2ccccc2)C(C)C(C)(CC)N1[O]. The highest BCUT2D eigenvalue weighted by Crippen LogP contribution is 2.39. The predicted octanol–water partition coefficient (Wildman–Crippen LogP) is 3.79. The summed E-state index contributed by atoms with van der Waals surface area (Å²) in [4.78, 5) is 14.8. The monoisotopic (exact) mass is 317 g/mol. The van der Waals surface area contributed by atoms with E-state index in [1.165, 1.54) is 5.06 Å². The summed E-state index contributed by atoms with van der Waals surface area (Å²) in [6.07, 6.45) is 1.66. The molecule has 1 amide bonds. The molecule has 4 nitrogen and oxygen atoms in total. The average Bonchev–Trinajstić information content (AvgIpc) is 2.62. The average molecular weight is 317 g/mol. The van der Waals surface area contributed by atoms with E-state index >= 15 is 0 Å². The molecule has 4 heteroatoms. The van der Waals surface area contributed by atoms with Crippen molar-refractivity contribution >= 4 is 5.91 Å². The lowest BCUT2D eigenvalue weighted by molar-refractivity contribution is -0.285. The van der Waals surface area contributed by atoms with Crippen molar-refractivity contribution in [3.8, 4) is 0 Å². The largest absolute Gasteiger partial charge is 0.334 e. The molecule has 0 bridgehead atoms. The van der Waals surface area contributed by atoms with Crippen molar-refractivity contribution in [2.75, 3.05) is 0 Å². The van der Waals surface area contributed by atoms with Crippen molar-refractivity contribution < 1.29 is 10.0 Å². The summed E-state index contributed by atoms with van der Waals surface area (Å²) in [6, 6.07) is 9.87. The van der Waals surface area contributed by atoms with Gasteiger partial charge >= 0.3 is 0 Å². The Morgan fingerprint density at radius 1 is 1.13 bits per heavy atom. The van der Waals surface area contributed by atoms with Gasteiger partial charge in [0.2, 0.25) is 5.91 Å². The molecule has 127 valence electrons. The summed E-state index contributed by atoms with van der Waals surface area (Å²) in [5.74, 6) is 0.0729. The Balaban J connectivity index is 2.41. The van der Waals surface area contributed by atoms with Crippen LogP contribution in [0.2, 0.25) is 0 Å². The van der Waals surface area contributed by atoms with E-state index in [0.29, 0.717) is 19.4 Å². The lowest BCUT2D eigenvalue weighted by Crippen LogP contribution is -2.60. The molecular weight excluding hydrogens is 288 g/mol. The summed E-state index contributed by atoms with van der Waals surface area (Å²) in [7, 11) is 0. The van der Waals surface area contributed by atoms with Crippen molar-refractivity contribution in [3.63, 3.8) is 0 Å². The number of carbonyl (C=O) groups is 1. The molecule has 1 aliphatic heterocycles. The van der Waals surface area contributed by atoms with Gasteiger partial charge in [0.15, 0.2) is 0 Å². The molecule has 3 unspecified atom stereocenters. The number of rotatable bonds is 4. The molecule has 3 atom stereocenters. The maximum Gasteiger partial charge on any atom is 0.225 e. The highest BCUT2D eigenvalue weighted by Gasteiger charge is 2.52. The molecule has 1 radical (unpaired) electrons. The number of hydrogen-bond donors (Lipinski definition) is 0. The van der Waals surface area contributed by atoms with Gasteiger partial charge in [-0.05, 0) is 39.2 Å². The van der Waals surface area contributed by atoms with E-state index in [1.54, 1.807) is 0 Å². The van der Waals surface area contributed by atoms with Crippen molar-refractivity contribution in [2.45, 2.75) is 77.5 Å². The van der Waals surface area contributed by atoms with Crippen molar-refractivity contribution in [3.05, 3.63) is 35.9 Å². The summed E-state index contributed by atoms with van der Waals surface area (Å²) in [5, 5.41) is 14.4. The van der Waals surface area contributed by atoms with Gasteiger partial charge in [-0.3, -0.25) is 4.79 Å². The fourth-order valence-electron chi connectivity index (χ4n) is 3.55. The van der Waals surface area contributed by atoms with E-state index in [0.717, 1.165) is 5.56 Å². The van der Waals surface area contributed by atoms with Crippen LogP contribution < -0.4 is 0 Å². The summed E-state index contributed by atoms with van der Waals surface area (Å²) in [6.45, 7) is 10.5. The second-order valence-electron chi connectivity index (χ2n) is 7.22. The smallest absolute Gasteiger partial charge is 0.225 e. The molecule has 0 N–H and O–H groups in total. The van der Waals surface area contributed by atoms with Gasteiger partial charge in [0.25, 0.3) is 0 Å². The van der Waals surface area contributed by atoms with Gasteiger partial charge in [-0.2, -0.15) is 0 Å². The lowest BCUT2D eigenvalue weighted by atomic mass is 9.85. The van der Waals surface area contributed by atoms with Crippen LogP contribution in [0.1, 0.15) is 59.4 Å². The van der Waals surface area contributed by atoms with E-state index in [1.807, 2.05) is 69.9 Å². The van der Waals surface area contributed by atoms with E-state index < -0.39 is 11.1 Å². The molecule has 1 aromatic rings. The minimum atomic E-state index is -0.637. The first kappa shape index (κ1) is 18.0. The zero-order chi connectivity index (χ0) is 17.3. The second-order valence-corrected chi connectivity index (χ2v) is 7.22. The number of benzene rings is 1. The van der Waals surface area contributed by atoms with Crippen LogP contribution in [0.5, 0.6) is 0 Å². The van der Waals surface area contributed by atoms with Gasteiger partial charge in [0, 0.05) is 19.0 Å². The molecule has 0 aromatic heterocycles. The molecule has 23 heavy (non-hydrogen) atoms. The molecule has 0 aliphatic carbocycles. The lowest BCUT2D eigenvalue weighted by Gasteiger charge is -2.46. The normalized spacial score (nSPS) is 32.9. The van der Waals surface area contributed by atoms with Gasteiger partial charge in [-0.25, -0.2) is 0 Å². The van der Waals surface area contributed by atoms with E-state index in [4.69, 9.17) is 0 Å². The second kappa shape index (κ2) is 6.62. The fraction of sp³-hybridized carbons (Fsp3) is 0.632. The predicted molar refractivity (Wildman–Crippen MR) is 91.0 cm³/mol. The molecule has 0 saturated carbocycles. The molecule has 1 fully saturated rings. The molecule has 1 aromatic carbocycles. The van der Waals surface area contributed by atoms with Gasteiger partial charge in [-0.1, -0.05) is 44.2 Å².